The van der Waals surface area contributed by atoms with Gasteiger partial charge in [0.2, 0.25) is 5.03 Å². The number of methoxy groups -OCH3 is 1. The average molecular weight is 349 g/mol. The molecule has 0 saturated carbocycles. The number of rotatable bonds is 5. The van der Waals surface area contributed by atoms with Crippen molar-refractivity contribution in [3.05, 3.63) is 34.8 Å². The van der Waals surface area contributed by atoms with Gasteiger partial charge in [0.1, 0.15) is 6.20 Å². The van der Waals surface area contributed by atoms with Crippen molar-refractivity contribution in [3.8, 4) is 5.75 Å². The number of pyridine rings is 1. The summed E-state index contributed by atoms with van der Waals surface area (Å²) in [5, 5.41) is 11.2. The van der Waals surface area contributed by atoms with E-state index in [1.54, 1.807) is 13.3 Å². The van der Waals surface area contributed by atoms with Crippen LogP contribution < -0.4 is 9.64 Å². The maximum Gasteiger partial charge on any atom is 0.383 e. The summed E-state index contributed by atoms with van der Waals surface area (Å²) in [5.41, 5.74) is 0. The van der Waals surface area contributed by atoms with Crippen LogP contribution in [0.15, 0.2) is 34.6 Å². The molecule has 1 aliphatic rings. The quantitative estimate of drug-likeness (QED) is 0.590. The number of morpholine rings is 1. The van der Waals surface area contributed by atoms with Crippen molar-refractivity contribution < 1.29 is 14.4 Å². The van der Waals surface area contributed by atoms with Crippen LogP contribution in [0, 0.1) is 10.1 Å². The zero-order chi connectivity index (χ0) is 16.9. The van der Waals surface area contributed by atoms with Gasteiger partial charge in [-0.25, -0.2) is 4.98 Å². The summed E-state index contributed by atoms with van der Waals surface area (Å²) >= 11 is 1.24. The Morgan fingerprint density at radius 2 is 2.12 bits per heavy atom. The molecule has 0 aliphatic carbocycles. The first-order valence-corrected chi connectivity index (χ1v) is 8.00. The third-order valence-electron chi connectivity index (χ3n) is 3.35. The Hall–Kier alpha value is -2.46. The van der Waals surface area contributed by atoms with Gasteiger partial charge in [-0.05, 0) is 27.7 Å². The topological polar surface area (TPSA) is 104 Å². The first-order valence-electron chi connectivity index (χ1n) is 7.18. The van der Waals surface area contributed by atoms with Crippen LogP contribution in [0.4, 0.5) is 11.6 Å². The van der Waals surface area contributed by atoms with Crippen molar-refractivity contribution >= 4 is 23.4 Å². The third-order valence-corrected chi connectivity index (χ3v) is 4.21. The first kappa shape index (κ1) is 16.4. The minimum absolute atomic E-state index is 0.287. The second-order valence-corrected chi connectivity index (χ2v) is 5.96. The van der Waals surface area contributed by atoms with Gasteiger partial charge in [0.25, 0.3) is 0 Å². The fourth-order valence-electron chi connectivity index (χ4n) is 2.23. The Bertz CT molecular complexity index is 739. The van der Waals surface area contributed by atoms with Crippen LogP contribution in [0.1, 0.15) is 0 Å². The Morgan fingerprint density at radius 1 is 1.33 bits per heavy atom. The Kier molecular flexibility index (Phi) is 5.06. The molecule has 10 heteroatoms. The molecule has 24 heavy (non-hydrogen) atoms. The monoisotopic (exact) mass is 349 g/mol. The maximum absolute atomic E-state index is 10.8. The summed E-state index contributed by atoms with van der Waals surface area (Å²) in [7, 11) is 1.59. The molecule has 0 bridgehead atoms. The number of anilines is 1. The molecule has 0 amide bonds. The van der Waals surface area contributed by atoms with Gasteiger partial charge < -0.3 is 24.5 Å². The highest BCUT2D eigenvalue weighted by Crippen LogP contribution is 2.33. The van der Waals surface area contributed by atoms with E-state index in [0.717, 1.165) is 30.0 Å². The minimum atomic E-state index is -0.572. The van der Waals surface area contributed by atoms with Gasteiger partial charge in [0, 0.05) is 24.2 Å². The van der Waals surface area contributed by atoms with Crippen molar-refractivity contribution in [2.45, 2.75) is 9.92 Å². The highest BCUT2D eigenvalue weighted by Gasteiger charge is 2.18. The Balaban J connectivity index is 1.81. The van der Waals surface area contributed by atoms with E-state index in [9.17, 15) is 10.1 Å². The maximum atomic E-state index is 10.8. The van der Waals surface area contributed by atoms with Gasteiger partial charge in [-0.1, -0.05) is 0 Å². The van der Waals surface area contributed by atoms with E-state index in [2.05, 4.69) is 19.9 Å². The van der Waals surface area contributed by atoms with Gasteiger partial charge in [-0.15, -0.1) is 0 Å². The lowest BCUT2D eigenvalue weighted by Crippen LogP contribution is -2.37. The second-order valence-electron chi connectivity index (χ2n) is 4.87. The lowest BCUT2D eigenvalue weighted by atomic mass is 10.3. The Morgan fingerprint density at radius 3 is 2.83 bits per heavy atom. The van der Waals surface area contributed by atoms with Crippen LogP contribution in [0.25, 0.3) is 0 Å². The second kappa shape index (κ2) is 7.41. The molecule has 0 aromatic carbocycles. The minimum Gasteiger partial charge on any atom is -0.493 e. The van der Waals surface area contributed by atoms with Crippen LogP contribution in [-0.4, -0.2) is 53.3 Å². The summed E-state index contributed by atoms with van der Waals surface area (Å²) in [6, 6.07) is 1.84. The smallest absolute Gasteiger partial charge is 0.383 e. The third kappa shape index (κ3) is 3.71. The average Bonchev–Trinajstić information content (AvgIpc) is 2.62. The molecule has 0 atom stereocenters. The Labute approximate surface area is 142 Å². The molecule has 0 radical (unpaired) electrons. The van der Waals surface area contributed by atoms with E-state index < -0.39 is 4.92 Å². The van der Waals surface area contributed by atoms with Crippen molar-refractivity contribution in [3.63, 3.8) is 0 Å². The van der Waals surface area contributed by atoms with Crippen LogP contribution >= 0.6 is 11.8 Å². The van der Waals surface area contributed by atoms with Gasteiger partial charge >= 0.3 is 5.82 Å². The van der Waals surface area contributed by atoms with Gasteiger partial charge in [-0.2, -0.15) is 0 Å². The number of nitrogens with zero attached hydrogens (tertiary/aromatic N) is 5. The van der Waals surface area contributed by atoms with E-state index in [-0.39, 0.29) is 5.82 Å². The van der Waals surface area contributed by atoms with E-state index in [0.29, 0.717) is 24.0 Å². The molecule has 126 valence electrons. The van der Waals surface area contributed by atoms with Crippen molar-refractivity contribution in [2.75, 3.05) is 38.3 Å². The number of nitro groups is 1. The van der Waals surface area contributed by atoms with Crippen LogP contribution in [0.2, 0.25) is 0 Å². The summed E-state index contributed by atoms with van der Waals surface area (Å²) < 4.78 is 10.8. The van der Waals surface area contributed by atoms with E-state index in [4.69, 9.17) is 9.47 Å². The van der Waals surface area contributed by atoms with Crippen LogP contribution in [0.5, 0.6) is 5.75 Å². The molecule has 3 rings (SSSR count). The molecule has 0 unspecified atom stereocenters. The van der Waals surface area contributed by atoms with Crippen molar-refractivity contribution in [1.29, 1.82) is 0 Å². The summed E-state index contributed by atoms with van der Waals surface area (Å²) in [6.07, 6.45) is 4.28. The lowest BCUT2D eigenvalue weighted by molar-refractivity contribution is -0.390. The first-order chi connectivity index (χ1) is 11.7. The van der Waals surface area contributed by atoms with Crippen molar-refractivity contribution in [1.82, 2.24) is 15.0 Å². The zero-order valence-electron chi connectivity index (χ0n) is 12.9. The summed E-state index contributed by atoms with van der Waals surface area (Å²) in [5.74, 6) is 1.11. The SMILES string of the molecule is COc1cc(Sc2cncc([N+](=O)[O-])n2)cnc1N1CCOCC1. The zero-order valence-corrected chi connectivity index (χ0v) is 13.7. The largest absolute Gasteiger partial charge is 0.493 e. The van der Waals surface area contributed by atoms with Crippen LogP contribution in [-0.2, 0) is 4.74 Å². The molecule has 3 heterocycles. The van der Waals surface area contributed by atoms with Crippen LogP contribution in [0.3, 0.4) is 0 Å². The van der Waals surface area contributed by atoms with E-state index in [1.807, 2.05) is 6.07 Å². The van der Waals surface area contributed by atoms with Crippen molar-refractivity contribution in [2.24, 2.45) is 0 Å². The molecular formula is C14H15N5O4S. The van der Waals surface area contributed by atoms with E-state index in [1.165, 1.54) is 18.0 Å². The predicted molar refractivity (Wildman–Crippen MR) is 86.6 cm³/mol. The molecule has 1 fully saturated rings. The molecule has 9 nitrogen and oxygen atoms in total. The predicted octanol–water partition coefficient (Wildman–Crippen LogP) is 1.78. The molecule has 2 aromatic heterocycles. The lowest BCUT2D eigenvalue weighted by Gasteiger charge is -2.28. The number of ether oxygens (including phenoxy) is 2. The fourth-order valence-corrected chi connectivity index (χ4v) is 3.00. The van der Waals surface area contributed by atoms with Gasteiger partial charge in [-0.3, -0.25) is 4.98 Å². The normalized spacial score (nSPS) is 14.5. The number of hydrogen-bond donors (Lipinski definition) is 0. The van der Waals surface area contributed by atoms with Gasteiger partial charge in [0.05, 0.1) is 26.5 Å². The highest BCUT2D eigenvalue weighted by molar-refractivity contribution is 7.99. The number of hydrogen-bond acceptors (Lipinski definition) is 9. The molecular weight excluding hydrogens is 334 g/mol. The molecule has 2 aromatic rings. The molecule has 0 N–H and O–H groups in total. The fraction of sp³-hybridized carbons (Fsp3) is 0.357. The summed E-state index contributed by atoms with van der Waals surface area (Å²) in [6.45, 7) is 2.83. The highest BCUT2D eigenvalue weighted by atomic mass is 32.2. The van der Waals surface area contributed by atoms with Gasteiger partial charge in [0.15, 0.2) is 11.6 Å². The molecule has 1 saturated heterocycles. The standard InChI is InChI=1S/C14H15N5O4S/c1-22-11-6-10(7-16-14(11)18-2-4-23-5-3-18)24-13-9-15-8-12(17-13)19(20)21/h6-9H,2-5H2,1H3. The summed E-state index contributed by atoms with van der Waals surface area (Å²) in [4.78, 5) is 25.3. The molecule has 1 aliphatic heterocycles. The molecule has 0 spiro atoms. The van der Waals surface area contributed by atoms with E-state index >= 15 is 0 Å². The number of aromatic nitrogens is 3.